The van der Waals surface area contributed by atoms with Crippen molar-refractivity contribution >= 4 is 54.8 Å². The van der Waals surface area contributed by atoms with Crippen LogP contribution in [-0.4, -0.2) is 59.8 Å². The molecule has 0 spiro atoms. The number of rotatable bonds is 6. The van der Waals surface area contributed by atoms with Crippen LogP contribution in [0, 0.1) is 0 Å². The van der Waals surface area contributed by atoms with Crippen LogP contribution in [-0.2, 0) is 9.71 Å². The second kappa shape index (κ2) is 9.56. The fourth-order valence-corrected chi connectivity index (χ4v) is 5.58. The van der Waals surface area contributed by atoms with Crippen LogP contribution in [0.4, 0.5) is 5.82 Å². The average Bonchev–Trinajstić information content (AvgIpc) is 2.84. The van der Waals surface area contributed by atoms with Gasteiger partial charge in [0.2, 0.25) is 5.88 Å². The maximum atomic E-state index is 12.3. The van der Waals surface area contributed by atoms with Gasteiger partial charge in [-0.2, -0.15) is 0 Å². The van der Waals surface area contributed by atoms with Gasteiger partial charge >= 0.3 is 0 Å². The van der Waals surface area contributed by atoms with E-state index in [2.05, 4.69) is 26.1 Å². The van der Waals surface area contributed by atoms with Gasteiger partial charge in [0.25, 0.3) is 0 Å². The summed E-state index contributed by atoms with van der Waals surface area (Å²) in [6.45, 7) is 3.35. The van der Waals surface area contributed by atoms with E-state index in [0.717, 1.165) is 34.8 Å². The Morgan fingerprint density at radius 3 is 2.77 bits per heavy atom. The molecule has 1 unspecified atom stereocenters. The van der Waals surface area contributed by atoms with Crippen LogP contribution in [0.5, 0.6) is 5.88 Å². The molecule has 3 aromatic heterocycles. The van der Waals surface area contributed by atoms with Gasteiger partial charge in [-0.25, -0.2) is 19.3 Å². The number of pyridine rings is 2. The van der Waals surface area contributed by atoms with Crippen molar-refractivity contribution in [2.45, 2.75) is 31.9 Å². The Morgan fingerprint density at radius 2 is 2.00 bits per heavy atom. The van der Waals surface area contributed by atoms with Gasteiger partial charge in [-0.3, -0.25) is 9.19 Å². The van der Waals surface area contributed by atoms with Crippen LogP contribution in [0.3, 0.4) is 0 Å². The summed E-state index contributed by atoms with van der Waals surface area (Å²) in [6, 6.07) is 11.4. The summed E-state index contributed by atoms with van der Waals surface area (Å²) in [5.41, 5.74) is 2.26. The van der Waals surface area contributed by atoms with E-state index in [1.54, 1.807) is 12.5 Å². The lowest BCUT2D eigenvalue weighted by molar-refractivity contribution is 0.133. The van der Waals surface area contributed by atoms with E-state index in [1.807, 2.05) is 47.6 Å². The largest absolute Gasteiger partial charge is 0.474 e. The Hall–Kier alpha value is -3.01. The van der Waals surface area contributed by atoms with Gasteiger partial charge < -0.3 is 10.1 Å². The zero-order chi connectivity index (χ0) is 24.6. The van der Waals surface area contributed by atoms with Crippen LogP contribution in [0.25, 0.3) is 21.8 Å². The maximum Gasteiger partial charge on any atom is 0.223 e. The smallest absolute Gasteiger partial charge is 0.223 e. The van der Waals surface area contributed by atoms with Crippen LogP contribution >= 0.6 is 11.6 Å². The summed E-state index contributed by atoms with van der Waals surface area (Å²) in [4.78, 5) is 18.0. The molecule has 0 aliphatic carbocycles. The third-order valence-corrected chi connectivity index (χ3v) is 7.98. The first kappa shape index (κ1) is 23.7. The second-order valence-electron chi connectivity index (χ2n) is 8.86. The van der Waals surface area contributed by atoms with Crippen molar-refractivity contribution in [3.05, 3.63) is 59.6 Å². The van der Waals surface area contributed by atoms with E-state index in [4.69, 9.17) is 21.3 Å². The molecule has 1 aliphatic rings. The lowest BCUT2D eigenvalue weighted by atomic mass is 10.1. The predicted molar refractivity (Wildman–Crippen MR) is 143 cm³/mol. The zero-order valence-electron chi connectivity index (χ0n) is 19.6. The molecule has 35 heavy (non-hydrogen) atoms. The number of halogens is 1. The normalized spacial score (nSPS) is 17.8. The molecule has 5 rings (SSSR count). The molecule has 1 aliphatic heterocycles. The van der Waals surface area contributed by atoms with Gasteiger partial charge in [0.15, 0.2) is 5.82 Å². The number of aromatic nitrogens is 4. The number of ether oxygens (including phenoxy) is 1. The lowest BCUT2D eigenvalue weighted by Gasteiger charge is -2.32. The van der Waals surface area contributed by atoms with Crippen LogP contribution < -0.4 is 10.1 Å². The summed E-state index contributed by atoms with van der Waals surface area (Å²) in [6.07, 6.45) is 6.36. The number of hydrogen-bond donors (Lipinski definition) is 1. The fourth-order valence-electron chi connectivity index (χ4n) is 4.33. The molecule has 1 saturated heterocycles. The minimum absolute atomic E-state index is 0.0477. The zero-order valence-corrected chi connectivity index (χ0v) is 21.2. The average molecular weight is 511 g/mol. The Balaban J connectivity index is 1.45. The van der Waals surface area contributed by atoms with Gasteiger partial charge in [0.1, 0.15) is 17.9 Å². The van der Waals surface area contributed by atoms with E-state index in [9.17, 15) is 4.21 Å². The number of hydrogen-bond acceptors (Lipinski definition) is 7. The van der Waals surface area contributed by atoms with Crippen molar-refractivity contribution in [3.8, 4) is 5.88 Å². The van der Waals surface area contributed by atoms with E-state index in [0.29, 0.717) is 35.3 Å². The van der Waals surface area contributed by atoms with Crippen molar-refractivity contribution in [2.75, 3.05) is 24.7 Å². The van der Waals surface area contributed by atoms with Crippen molar-refractivity contribution in [1.82, 2.24) is 24.2 Å². The number of benzene rings is 1. The SMILES string of the molecule is C=S(C)(=O)N1CCC(Oc2nc([C@H](C)Nc3ncnc4cccnc34)cc3cccc(Cl)c23)CC1. The Kier molecular flexibility index (Phi) is 6.48. The first-order chi connectivity index (χ1) is 16.8. The molecule has 10 heteroatoms. The molecule has 1 fully saturated rings. The molecule has 4 heterocycles. The molecule has 0 bridgehead atoms. The quantitative estimate of drug-likeness (QED) is 0.381. The van der Waals surface area contributed by atoms with E-state index < -0.39 is 9.71 Å². The minimum atomic E-state index is -2.21. The highest BCUT2D eigenvalue weighted by Gasteiger charge is 2.25. The highest BCUT2D eigenvalue weighted by atomic mass is 35.5. The summed E-state index contributed by atoms with van der Waals surface area (Å²) in [7, 11) is -2.21. The van der Waals surface area contributed by atoms with Gasteiger partial charge in [0.05, 0.1) is 27.7 Å². The topological polar surface area (TPSA) is 93.1 Å². The lowest BCUT2D eigenvalue weighted by Crippen LogP contribution is -2.41. The highest BCUT2D eigenvalue weighted by molar-refractivity contribution is 7.97. The number of nitrogens with one attached hydrogen (secondary N) is 1. The number of fused-ring (bicyclic) bond motifs is 2. The third-order valence-electron chi connectivity index (χ3n) is 6.21. The minimum Gasteiger partial charge on any atom is -0.474 e. The number of nitrogens with zero attached hydrogens (tertiary/aromatic N) is 5. The Morgan fingerprint density at radius 1 is 1.20 bits per heavy atom. The molecular weight excluding hydrogens is 484 g/mol. The first-order valence-corrected chi connectivity index (χ1v) is 13.9. The Labute approximate surface area is 209 Å². The molecule has 0 radical (unpaired) electrons. The number of anilines is 1. The molecule has 2 atom stereocenters. The third kappa shape index (κ3) is 5.03. The van der Waals surface area contributed by atoms with Gasteiger partial charge in [-0.15, -0.1) is 0 Å². The Bertz CT molecular complexity index is 1480. The molecule has 1 N–H and O–H groups in total. The van der Waals surface area contributed by atoms with Crippen LogP contribution in [0.2, 0.25) is 5.02 Å². The summed E-state index contributed by atoms with van der Waals surface area (Å²) in [5.74, 6) is 4.95. The number of piperidine rings is 1. The molecule has 0 amide bonds. The first-order valence-electron chi connectivity index (χ1n) is 11.4. The van der Waals surface area contributed by atoms with Crippen LogP contribution in [0.15, 0.2) is 48.9 Å². The summed E-state index contributed by atoms with van der Waals surface area (Å²) >= 11 is 6.57. The van der Waals surface area contributed by atoms with Crippen molar-refractivity contribution in [2.24, 2.45) is 0 Å². The molecule has 1 aromatic carbocycles. The maximum absolute atomic E-state index is 12.3. The van der Waals surface area contributed by atoms with E-state index in [-0.39, 0.29) is 12.1 Å². The summed E-state index contributed by atoms with van der Waals surface area (Å²) < 4.78 is 20.6. The molecule has 182 valence electrons. The van der Waals surface area contributed by atoms with E-state index >= 15 is 0 Å². The predicted octanol–water partition coefficient (Wildman–Crippen LogP) is 4.50. The van der Waals surface area contributed by atoms with Crippen molar-refractivity contribution in [1.29, 1.82) is 0 Å². The molecule has 0 saturated carbocycles. The van der Waals surface area contributed by atoms with E-state index in [1.165, 1.54) is 6.33 Å². The van der Waals surface area contributed by atoms with Crippen molar-refractivity contribution in [3.63, 3.8) is 0 Å². The monoisotopic (exact) mass is 510 g/mol. The molecule has 8 nitrogen and oxygen atoms in total. The molecular formula is C25H27ClN6O2S. The summed E-state index contributed by atoms with van der Waals surface area (Å²) in [5, 5.41) is 5.75. The highest BCUT2D eigenvalue weighted by Crippen LogP contribution is 2.35. The second-order valence-corrected chi connectivity index (χ2v) is 11.7. The van der Waals surface area contributed by atoms with Crippen molar-refractivity contribution < 1.29 is 8.95 Å². The molecule has 4 aromatic rings. The fraction of sp³-hybridized carbons (Fsp3) is 0.320. The van der Waals surface area contributed by atoms with Gasteiger partial charge in [-0.05, 0) is 55.3 Å². The van der Waals surface area contributed by atoms with Crippen LogP contribution in [0.1, 0.15) is 31.5 Å². The van der Waals surface area contributed by atoms with Gasteiger partial charge in [-0.1, -0.05) is 23.7 Å². The van der Waals surface area contributed by atoms with Gasteiger partial charge in [0, 0.05) is 35.2 Å². The standard InChI is InChI=1S/C25H27ClN6O2S/c1-16(30-24-23-20(28-15-29-24)8-5-11-27-23)21-14-17-6-4-7-19(26)22(17)25(31-21)34-18-9-12-32(13-10-18)35(2,3)33/h4-8,11,14-16,18H,2,9-10,12-13H2,1,3H3,(H,28,29,30)/t16-,35?/m0/s1.